The summed E-state index contributed by atoms with van der Waals surface area (Å²) in [5.74, 6) is 1.87. The summed E-state index contributed by atoms with van der Waals surface area (Å²) in [6, 6.07) is 0. The van der Waals surface area contributed by atoms with Crippen molar-refractivity contribution in [3.63, 3.8) is 0 Å². The number of hydrogen-bond donors (Lipinski definition) is 0. The van der Waals surface area contributed by atoms with E-state index in [-0.39, 0.29) is 0 Å². The van der Waals surface area contributed by atoms with Gasteiger partial charge >= 0.3 is 0 Å². The standard InChI is InChI=1S/C11H17NO/c1-2-13-10-6-5-9-4-3-7-12-11(9)8-10/h8-9H,2-7H2,1H3. The van der Waals surface area contributed by atoms with Crippen LogP contribution in [-0.2, 0) is 4.74 Å². The normalized spacial score (nSPS) is 27.3. The molecule has 0 spiro atoms. The van der Waals surface area contributed by atoms with Gasteiger partial charge in [-0.05, 0) is 32.3 Å². The third-order valence-corrected chi connectivity index (χ3v) is 2.80. The zero-order chi connectivity index (χ0) is 9.10. The van der Waals surface area contributed by atoms with E-state index in [1.54, 1.807) is 0 Å². The van der Waals surface area contributed by atoms with Gasteiger partial charge < -0.3 is 4.74 Å². The molecule has 1 aliphatic carbocycles. The number of fused-ring (bicyclic) bond motifs is 1. The summed E-state index contributed by atoms with van der Waals surface area (Å²) in [6.45, 7) is 3.83. The van der Waals surface area contributed by atoms with E-state index >= 15 is 0 Å². The second kappa shape index (κ2) is 3.95. The number of aliphatic imine (C=N–C) groups is 1. The molecule has 0 amide bonds. The third-order valence-electron chi connectivity index (χ3n) is 2.80. The molecule has 0 saturated heterocycles. The Bertz CT molecular complexity index is 242. The van der Waals surface area contributed by atoms with Crippen molar-refractivity contribution >= 4 is 5.71 Å². The molecule has 2 rings (SSSR count). The maximum Gasteiger partial charge on any atom is 0.0977 e. The topological polar surface area (TPSA) is 21.6 Å². The maximum absolute atomic E-state index is 5.51. The van der Waals surface area contributed by atoms with Gasteiger partial charge in [-0.15, -0.1) is 0 Å². The first kappa shape index (κ1) is 8.79. The number of allylic oxidation sites excluding steroid dienone is 2. The third kappa shape index (κ3) is 1.93. The lowest BCUT2D eigenvalue weighted by molar-refractivity contribution is 0.211. The van der Waals surface area contributed by atoms with Crippen LogP contribution in [0.3, 0.4) is 0 Å². The Labute approximate surface area is 79.7 Å². The first-order valence-electron chi connectivity index (χ1n) is 5.28. The summed E-state index contributed by atoms with van der Waals surface area (Å²) in [6.07, 6.45) is 7.11. The van der Waals surface area contributed by atoms with Gasteiger partial charge in [0, 0.05) is 24.6 Å². The Morgan fingerprint density at radius 3 is 3.31 bits per heavy atom. The second-order valence-electron chi connectivity index (χ2n) is 3.73. The molecule has 0 aromatic heterocycles. The van der Waals surface area contributed by atoms with Crippen LogP contribution in [0.15, 0.2) is 16.8 Å². The van der Waals surface area contributed by atoms with Crippen LogP contribution in [0.5, 0.6) is 0 Å². The fourth-order valence-corrected chi connectivity index (χ4v) is 2.13. The molecule has 1 heterocycles. The Kier molecular flexibility index (Phi) is 2.67. The Hall–Kier alpha value is -0.790. The fraction of sp³-hybridized carbons (Fsp3) is 0.727. The number of rotatable bonds is 2. The van der Waals surface area contributed by atoms with Crippen LogP contribution in [0, 0.1) is 5.92 Å². The van der Waals surface area contributed by atoms with Crippen LogP contribution in [0.4, 0.5) is 0 Å². The molecule has 0 radical (unpaired) electrons. The van der Waals surface area contributed by atoms with Gasteiger partial charge in [0.15, 0.2) is 0 Å². The summed E-state index contributed by atoms with van der Waals surface area (Å²) in [4.78, 5) is 4.54. The van der Waals surface area contributed by atoms with Crippen LogP contribution in [0.25, 0.3) is 0 Å². The molecule has 0 aromatic carbocycles. The highest BCUT2D eigenvalue weighted by molar-refractivity contribution is 5.98. The van der Waals surface area contributed by atoms with E-state index in [0.29, 0.717) is 0 Å². The average molecular weight is 179 g/mol. The van der Waals surface area contributed by atoms with E-state index in [4.69, 9.17) is 4.74 Å². The Morgan fingerprint density at radius 1 is 1.54 bits per heavy atom. The Morgan fingerprint density at radius 2 is 2.46 bits per heavy atom. The van der Waals surface area contributed by atoms with E-state index in [1.807, 2.05) is 6.92 Å². The largest absolute Gasteiger partial charge is 0.498 e. The molecule has 0 N–H and O–H groups in total. The molecule has 2 aliphatic rings. The molecule has 0 saturated carbocycles. The smallest absolute Gasteiger partial charge is 0.0977 e. The molecular formula is C11H17NO. The molecule has 2 nitrogen and oxygen atoms in total. The highest BCUT2D eigenvalue weighted by Gasteiger charge is 2.22. The average Bonchev–Trinajstić information content (AvgIpc) is 2.18. The maximum atomic E-state index is 5.51. The fourth-order valence-electron chi connectivity index (χ4n) is 2.13. The lowest BCUT2D eigenvalue weighted by Crippen LogP contribution is -2.22. The van der Waals surface area contributed by atoms with Crippen LogP contribution >= 0.6 is 0 Å². The summed E-state index contributed by atoms with van der Waals surface area (Å²) in [7, 11) is 0. The minimum Gasteiger partial charge on any atom is -0.498 e. The zero-order valence-corrected chi connectivity index (χ0v) is 8.25. The van der Waals surface area contributed by atoms with Gasteiger partial charge in [-0.2, -0.15) is 0 Å². The number of nitrogens with zero attached hydrogens (tertiary/aromatic N) is 1. The van der Waals surface area contributed by atoms with Gasteiger partial charge in [0.25, 0.3) is 0 Å². The van der Waals surface area contributed by atoms with Crippen molar-refractivity contribution in [1.29, 1.82) is 0 Å². The van der Waals surface area contributed by atoms with Gasteiger partial charge in [-0.1, -0.05) is 0 Å². The predicted octanol–water partition coefficient (Wildman–Crippen LogP) is 2.55. The van der Waals surface area contributed by atoms with Gasteiger partial charge in [-0.25, -0.2) is 0 Å². The first-order chi connectivity index (χ1) is 6.40. The van der Waals surface area contributed by atoms with Crippen LogP contribution < -0.4 is 0 Å². The van der Waals surface area contributed by atoms with Crippen molar-refractivity contribution < 1.29 is 4.74 Å². The molecular weight excluding hydrogens is 162 g/mol. The van der Waals surface area contributed by atoms with E-state index in [0.717, 1.165) is 31.2 Å². The highest BCUT2D eigenvalue weighted by atomic mass is 16.5. The monoisotopic (exact) mass is 179 g/mol. The van der Waals surface area contributed by atoms with Crippen molar-refractivity contribution in [2.24, 2.45) is 10.9 Å². The second-order valence-corrected chi connectivity index (χ2v) is 3.73. The molecule has 1 aliphatic heterocycles. The van der Waals surface area contributed by atoms with Crippen LogP contribution in [0.1, 0.15) is 32.6 Å². The molecule has 1 atom stereocenters. The molecule has 1 unspecified atom stereocenters. The van der Waals surface area contributed by atoms with E-state index < -0.39 is 0 Å². The molecule has 0 bridgehead atoms. The van der Waals surface area contributed by atoms with Gasteiger partial charge in [0.2, 0.25) is 0 Å². The lowest BCUT2D eigenvalue weighted by atomic mass is 9.86. The van der Waals surface area contributed by atoms with Crippen molar-refractivity contribution in [1.82, 2.24) is 0 Å². The van der Waals surface area contributed by atoms with Crippen molar-refractivity contribution in [3.8, 4) is 0 Å². The lowest BCUT2D eigenvalue weighted by Gasteiger charge is -2.26. The molecule has 2 heteroatoms. The number of hydrogen-bond acceptors (Lipinski definition) is 2. The molecule has 13 heavy (non-hydrogen) atoms. The van der Waals surface area contributed by atoms with E-state index in [2.05, 4.69) is 11.1 Å². The SMILES string of the molecule is CCOC1=CC2=NCCCC2CC1. The summed E-state index contributed by atoms with van der Waals surface area (Å²) in [5.41, 5.74) is 1.29. The van der Waals surface area contributed by atoms with E-state index in [1.165, 1.54) is 25.0 Å². The summed E-state index contributed by atoms with van der Waals surface area (Å²) in [5, 5.41) is 0. The summed E-state index contributed by atoms with van der Waals surface area (Å²) < 4.78 is 5.51. The van der Waals surface area contributed by atoms with Gasteiger partial charge in [-0.3, -0.25) is 4.99 Å². The van der Waals surface area contributed by atoms with Crippen LogP contribution in [0.2, 0.25) is 0 Å². The van der Waals surface area contributed by atoms with Gasteiger partial charge in [0.05, 0.1) is 12.4 Å². The minimum atomic E-state index is 0.734. The molecule has 0 fully saturated rings. The zero-order valence-electron chi connectivity index (χ0n) is 8.25. The number of ether oxygens (including phenoxy) is 1. The van der Waals surface area contributed by atoms with Crippen molar-refractivity contribution in [2.45, 2.75) is 32.6 Å². The quantitative estimate of drug-likeness (QED) is 0.638. The summed E-state index contributed by atoms with van der Waals surface area (Å²) >= 11 is 0. The molecule has 0 aromatic rings. The Balaban J connectivity index is 2.10. The minimum absolute atomic E-state index is 0.734. The molecule has 72 valence electrons. The van der Waals surface area contributed by atoms with Crippen molar-refractivity contribution in [2.75, 3.05) is 13.2 Å². The van der Waals surface area contributed by atoms with Crippen LogP contribution in [-0.4, -0.2) is 18.9 Å². The van der Waals surface area contributed by atoms with Crippen molar-refractivity contribution in [3.05, 3.63) is 11.8 Å². The van der Waals surface area contributed by atoms with Gasteiger partial charge in [0.1, 0.15) is 0 Å². The first-order valence-corrected chi connectivity index (χ1v) is 5.28. The predicted molar refractivity (Wildman–Crippen MR) is 54.0 cm³/mol. The highest BCUT2D eigenvalue weighted by Crippen LogP contribution is 2.28. The van der Waals surface area contributed by atoms with E-state index in [9.17, 15) is 0 Å².